The average molecular weight is 391 g/mol. The molecule has 1 unspecified atom stereocenters. The first-order valence-corrected chi connectivity index (χ1v) is 10.8. The molecule has 2 aromatic rings. The number of aromatic nitrogens is 3. The molecule has 1 aliphatic carbocycles. The molecule has 0 spiro atoms. The number of fused-ring (bicyclic) bond motifs is 1. The quantitative estimate of drug-likeness (QED) is 0.773. The Labute approximate surface area is 156 Å². The number of amides is 2. The second kappa shape index (κ2) is 6.59. The van der Waals surface area contributed by atoms with E-state index in [1.807, 2.05) is 0 Å². The topological polar surface area (TPSA) is 111 Å². The van der Waals surface area contributed by atoms with Crippen LogP contribution in [0.5, 0.6) is 0 Å². The number of nitrogens with zero attached hydrogens (tertiary/aromatic N) is 5. The number of rotatable bonds is 4. The van der Waals surface area contributed by atoms with Crippen LogP contribution in [-0.2, 0) is 38.8 Å². The molecule has 4 rings (SSSR count). The van der Waals surface area contributed by atoms with Crippen molar-refractivity contribution < 1.29 is 18.3 Å². The Morgan fingerprint density at radius 2 is 2.15 bits per heavy atom. The van der Waals surface area contributed by atoms with Crippen LogP contribution in [0.25, 0.3) is 0 Å². The van der Waals surface area contributed by atoms with Crippen LogP contribution < -0.4 is 0 Å². The molecule has 0 aromatic carbocycles. The molecule has 1 fully saturated rings. The molecular weight excluding hydrogens is 370 g/mol. The third-order valence-electron chi connectivity index (χ3n) is 4.92. The summed E-state index contributed by atoms with van der Waals surface area (Å²) in [5.41, 5.74) is 1.92. The van der Waals surface area contributed by atoms with Gasteiger partial charge >= 0.3 is 0 Å². The van der Waals surface area contributed by atoms with Crippen molar-refractivity contribution in [2.24, 2.45) is 10.3 Å². The van der Waals surface area contributed by atoms with E-state index < -0.39 is 15.6 Å². The van der Waals surface area contributed by atoms with E-state index >= 15 is 0 Å². The van der Waals surface area contributed by atoms with Crippen molar-refractivity contribution in [3.8, 4) is 0 Å². The van der Waals surface area contributed by atoms with Crippen molar-refractivity contribution in [1.29, 1.82) is 0 Å². The Morgan fingerprint density at radius 3 is 2.81 bits per heavy atom. The molecule has 1 atom stereocenters. The first kappa shape index (κ1) is 17.9. The van der Waals surface area contributed by atoms with Gasteiger partial charge in [-0.1, -0.05) is 5.16 Å². The van der Waals surface area contributed by atoms with Gasteiger partial charge in [0.05, 0.1) is 51.7 Å². The largest absolute Gasteiger partial charge is 0.364 e. The summed E-state index contributed by atoms with van der Waals surface area (Å²) in [4.78, 5) is 26.9. The predicted molar refractivity (Wildman–Crippen MR) is 95.1 cm³/mol. The summed E-state index contributed by atoms with van der Waals surface area (Å²) < 4.78 is 23.7. The van der Waals surface area contributed by atoms with Gasteiger partial charge in [0.2, 0.25) is 5.91 Å². The lowest BCUT2D eigenvalue weighted by atomic mass is 10.2. The van der Waals surface area contributed by atoms with Gasteiger partial charge in [0, 0.05) is 24.3 Å². The zero-order chi connectivity index (χ0) is 19.2. The van der Waals surface area contributed by atoms with Crippen LogP contribution in [0.15, 0.2) is 26.2 Å². The van der Waals surface area contributed by atoms with Gasteiger partial charge in [-0.05, 0) is 19.8 Å². The van der Waals surface area contributed by atoms with E-state index in [0.29, 0.717) is 35.9 Å². The van der Waals surface area contributed by atoms with Gasteiger partial charge in [-0.25, -0.2) is 4.21 Å². The highest BCUT2D eigenvalue weighted by Gasteiger charge is 2.36. The first-order valence-electron chi connectivity index (χ1n) is 8.83. The summed E-state index contributed by atoms with van der Waals surface area (Å²) in [6, 6.07) is 0. The van der Waals surface area contributed by atoms with Crippen LogP contribution in [0.3, 0.4) is 0 Å². The third kappa shape index (κ3) is 3.53. The van der Waals surface area contributed by atoms with E-state index in [0.717, 1.165) is 18.4 Å². The van der Waals surface area contributed by atoms with Crippen molar-refractivity contribution in [1.82, 2.24) is 19.8 Å². The summed E-state index contributed by atoms with van der Waals surface area (Å²) in [5.74, 6) is -0.252. The minimum Gasteiger partial charge on any atom is -0.364 e. The maximum Gasteiger partial charge on any atom is 0.260 e. The van der Waals surface area contributed by atoms with E-state index in [1.54, 1.807) is 16.5 Å². The second-order valence-electron chi connectivity index (χ2n) is 7.12. The van der Waals surface area contributed by atoms with E-state index in [4.69, 9.17) is 4.52 Å². The van der Waals surface area contributed by atoms with Gasteiger partial charge < -0.3 is 9.42 Å². The molecule has 0 radical (unpaired) electrons. The molecule has 0 N–H and O–H groups in total. The van der Waals surface area contributed by atoms with Crippen LogP contribution in [0.4, 0.5) is 0 Å². The van der Waals surface area contributed by atoms with Gasteiger partial charge in [0.15, 0.2) is 0 Å². The Kier molecular flexibility index (Phi) is 4.37. The van der Waals surface area contributed by atoms with E-state index in [-0.39, 0.29) is 18.2 Å². The average Bonchev–Trinajstić information content (AvgIpc) is 3.25. The Morgan fingerprint density at radius 1 is 1.37 bits per heavy atom. The number of carbonyl (C=O) groups excluding carboxylic acids is 2. The predicted octanol–water partition coefficient (Wildman–Crippen LogP) is 1.16. The van der Waals surface area contributed by atoms with Gasteiger partial charge in [0.1, 0.15) is 6.26 Å². The monoisotopic (exact) mass is 391 g/mol. The number of carbonyl (C=O) groups is 2. The number of hydrogen-bond acceptors (Lipinski definition) is 6. The van der Waals surface area contributed by atoms with Crippen LogP contribution >= 0.6 is 0 Å². The van der Waals surface area contributed by atoms with Gasteiger partial charge in [-0.15, -0.1) is 0 Å². The van der Waals surface area contributed by atoms with Crippen LogP contribution in [0.1, 0.15) is 29.8 Å². The fourth-order valence-electron chi connectivity index (χ4n) is 3.21. The maximum absolute atomic E-state index is 13.2. The van der Waals surface area contributed by atoms with Crippen molar-refractivity contribution in [2.75, 3.05) is 12.8 Å². The fraction of sp³-hybridized carbons (Fsp3) is 0.529. The molecule has 2 amide bonds. The standard InChI is InChI=1S/C17H21N5O4S/c1-11-10-26-19-13(11)7-16(23)20-27(2,25)15-8-18-22-6-5-21(9-14(15)22)17(24)12-3-4-12/h8,10,12H,3-7,9H2,1-2H3. The smallest absolute Gasteiger partial charge is 0.260 e. The first-order chi connectivity index (χ1) is 12.8. The molecule has 1 saturated carbocycles. The Hall–Kier alpha value is -2.49. The summed E-state index contributed by atoms with van der Waals surface area (Å²) in [7, 11) is -2.98. The Bertz CT molecular complexity index is 1030. The van der Waals surface area contributed by atoms with Gasteiger partial charge in [0.25, 0.3) is 5.91 Å². The van der Waals surface area contributed by atoms with Crippen LogP contribution in [0, 0.1) is 12.8 Å². The molecule has 0 bridgehead atoms. The minimum atomic E-state index is -2.98. The number of aryl methyl sites for hydroxylation is 1. The highest BCUT2D eigenvalue weighted by Crippen LogP contribution is 2.33. The highest BCUT2D eigenvalue weighted by molar-refractivity contribution is 7.93. The van der Waals surface area contributed by atoms with Crippen molar-refractivity contribution in [3.05, 3.63) is 29.4 Å². The van der Waals surface area contributed by atoms with Crippen molar-refractivity contribution in [2.45, 2.75) is 44.2 Å². The van der Waals surface area contributed by atoms with Gasteiger partial charge in [-0.3, -0.25) is 14.3 Å². The zero-order valence-corrected chi connectivity index (χ0v) is 16.1. The molecule has 1 aliphatic heterocycles. The van der Waals surface area contributed by atoms with Crippen molar-refractivity contribution in [3.63, 3.8) is 0 Å². The summed E-state index contributed by atoms with van der Waals surface area (Å²) in [5, 5.41) is 8.04. The van der Waals surface area contributed by atoms with Gasteiger partial charge in [-0.2, -0.15) is 9.46 Å². The second-order valence-corrected chi connectivity index (χ2v) is 9.35. The molecule has 0 saturated heterocycles. The lowest BCUT2D eigenvalue weighted by molar-refractivity contribution is -0.134. The molecule has 144 valence electrons. The fourth-order valence-corrected chi connectivity index (χ4v) is 4.62. The third-order valence-corrected chi connectivity index (χ3v) is 6.63. The summed E-state index contributed by atoms with van der Waals surface area (Å²) >= 11 is 0. The molecular formula is C17H21N5O4S. The molecule has 10 heteroatoms. The molecule has 9 nitrogen and oxygen atoms in total. The zero-order valence-electron chi connectivity index (χ0n) is 15.3. The minimum absolute atomic E-state index is 0.0665. The van der Waals surface area contributed by atoms with E-state index in [9.17, 15) is 13.8 Å². The normalized spacial score (nSPS) is 18.7. The van der Waals surface area contributed by atoms with E-state index in [2.05, 4.69) is 14.6 Å². The molecule has 27 heavy (non-hydrogen) atoms. The molecule has 3 heterocycles. The molecule has 2 aromatic heterocycles. The SMILES string of the molecule is Cc1conc1CC(=O)N=S(C)(=O)c1cnn2c1CN(C(=O)C1CC1)CC2. The maximum atomic E-state index is 13.2. The lowest BCUT2D eigenvalue weighted by Crippen LogP contribution is -2.39. The van der Waals surface area contributed by atoms with Crippen LogP contribution in [-0.4, -0.2) is 48.7 Å². The highest BCUT2D eigenvalue weighted by atomic mass is 32.2. The van der Waals surface area contributed by atoms with Crippen molar-refractivity contribution >= 4 is 21.5 Å². The van der Waals surface area contributed by atoms with E-state index in [1.165, 1.54) is 18.7 Å². The summed E-state index contributed by atoms with van der Waals surface area (Å²) in [6.45, 7) is 3.27. The Balaban J connectivity index is 1.58. The lowest BCUT2D eigenvalue weighted by Gasteiger charge is -2.28. The van der Waals surface area contributed by atoms with Crippen LogP contribution in [0.2, 0.25) is 0 Å². The number of hydrogen-bond donors (Lipinski definition) is 0. The summed E-state index contributed by atoms with van der Waals surface area (Å²) in [6.07, 6.45) is 6.20. The molecule has 2 aliphatic rings.